The molecule has 8 heteroatoms. The molecule has 0 aliphatic carbocycles. The molecule has 1 fully saturated rings. The lowest BCUT2D eigenvalue weighted by Gasteiger charge is -2.34. The normalized spacial score (nSPS) is 14.1. The van der Waals surface area contributed by atoms with Gasteiger partial charge in [0.25, 0.3) is 5.91 Å². The molecule has 1 aliphatic rings. The summed E-state index contributed by atoms with van der Waals surface area (Å²) < 4.78 is 5.55. The molecule has 0 atom stereocenters. The Labute approximate surface area is 161 Å². The smallest absolute Gasteiger partial charge is 0.255 e. The van der Waals surface area contributed by atoms with Gasteiger partial charge < -0.3 is 19.5 Å². The second kappa shape index (κ2) is 8.73. The molecule has 1 aromatic heterocycles. The molecular formula is C19H20ClN3O4. The van der Waals surface area contributed by atoms with E-state index in [2.05, 4.69) is 4.98 Å². The minimum absolute atomic E-state index is 0.00633. The third-order valence-corrected chi connectivity index (χ3v) is 4.57. The molecule has 1 N–H and O–H groups in total. The van der Waals surface area contributed by atoms with Gasteiger partial charge in [-0.15, -0.1) is 0 Å². The van der Waals surface area contributed by atoms with Gasteiger partial charge in [0.15, 0.2) is 0 Å². The van der Waals surface area contributed by atoms with E-state index in [-0.39, 0.29) is 30.4 Å². The number of H-pyrrole nitrogens is 1. The van der Waals surface area contributed by atoms with Crippen molar-refractivity contribution in [3.05, 3.63) is 63.5 Å². The summed E-state index contributed by atoms with van der Waals surface area (Å²) in [5.74, 6) is 0.474. The molecule has 2 heterocycles. The lowest BCUT2D eigenvalue weighted by Crippen LogP contribution is -2.50. The third-order valence-electron chi connectivity index (χ3n) is 4.33. The van der Waals surface area contributed by atoms with Crippen molar-refractivity contribution in [2.45, 2.75) is 6.42 Å². The summed E-state index contributed by atoms with van der Waals surface area (Å²) in [6.45, 7) is 2.14. The van der Waals surface area contributed by atoms with Crippen LogP contribution in [0.25, 0.3) is 0 Å². The first kappa shape index (κ1) is 19.0. The number of piperazine rings is 1. The molecule has 2 amide bonds. The van der Waals surface area contributed by atoms with Crippen molar-refractivity contribution >= 4 is 23.4 Å². The number of aromatic amines is 1. The molecular weight excluding hydrogens is 370 g/mol. The molecule has 7 nitrogen and oxygen atoms in total. The zero-order valence-corrected chi connectivity index (χ0v) is 15.4. The van der Waals surface area contributed by atoms with E-state index in [4.69, 9.17) is 16.3 Å². The molecule has 2 aromatic rings. The van der Waals surface area contributed by atoms with E-state index in [9.17, 15) is 14.4 Å². The second-order valence-electron chi connectivity index (χ2n) is 6.17. The van der Waals surface area contributed by atoms with Crippen molar-refractivity contribution in [1.29, 1.82) is 0 Å². The van der Waals surface area contributed by atoms with Crippen molar-refractivity contribution in [2.75, 3.05) is 32.8 Å². The highest BCUT2D eigenvalue weighted by Crippen LogP contribution is 2.17. The molecule has 0 saturated carbocycles. The highest BCUT2D eigenvalue weighted by molar-refractivity contribution is 6.30. The van der Waals surface area contributed by atoms with Crippen molar-refractivity contribution in [1.82, 2.24) is 14.8 Å². The maximum Gasteiger partial charge on any atom is 0.255 e. The lowest BCUT2D eigenvalue weighted by atomic mass is 10.2. The van der Waals surface area contributed by atoms with E-state index in [0.717, 1.165) is 0 Å². The zero-order chi connectivity index (χ0) is 19.2. The molecule has 1 aliphatic heterocycles. The molecule has 0 radical (unpaired) electrons. The number of carbonyl (C=O) groups is 2. The van der Waals surface area contributed by atoms with Gasteiger partial charge >= 0.3 is 0 Å². The molecule has 0 spiro atoms. The number of rotatable bonds is 5. The number of nitrogens with zero attached hydrogens (tertiary/aromatic N) is 2. The Hall–Kier alpha value is -2.80. The first-order valence-corrected chi connectivity index (χ1v) is 9.05. The first-order valence-electron chi connectivity index (χ1n) is 8.67. The number of halogens is 1. The largest absolute Gasteiger partial charge is 0.493 e. The molecule has 0 unspecified atom stereocenters. The number of hydrogen-bond acceptors (Lipinski definition) is 4. The van der Waals surface area contributed by atoms with Gasteiger partial charge in [0, 0.05) is 43.5 Å². The average molecular weight is 390 g/mol. The third kappa shape index (κ3) is 5.10. The number of hydrogen-bond donors (Lipinski definition) is 1. The number of ether oxygens (including phenoxy) is 1. The average Bonchev–Trinajstić information content (AvgIpc) is 2.68. The molecule has 1 aromatic carbocycles. The number of aromatic nitrogens is 1. The lowest BCUT2D eigenvalue weighted by molar-refractivity contribution is -0.133. The van der Waals surface area contributed by atoms with E-state index in [1.54, 1.807) is 34.1 Å². The molecule has 142 valence electrons. The van der Waals surface area contributed by atoms with Crippen LogP contribution < -0.4 is 10.3 Å². The predicted molar refractivity (Wildman–Crippen MR) is 101 cm³/mol. The standard InChI is InChI=1S/C19H20ClN3O4/c20-15-2-1-3-16(12-15)27-11-6-18(25)22-7-9-23(10-8-22)19(26)14-4-5-17(24)21-13-14/h1-5,12-13H,6-11H2,(H,21,24). The molecule has 3 rings (SSSR count). The fourth-order valence-corrected chi connectivity index (χ4v) is 3.04. The number of nitrogens with one attached hydrogen (secondary N) is 1. The predicted octanol–water partition coefficient (Wildman–Crippen LogP) is 1.78. The first-order chi connectivity index (χ1) is 13.0. The van der Waals surface area contributed by atoms with Gasteiger partial charge in [0.1, 0.15) is 5.75 Å². The Morgan fingerprint density at radius 1 is 1.07 bits per heavy atom. The number of carbonyl (C=O) groups excluding carboxylic acids is 2. The van der Waals surface area contributed by atoms with Gasteiger partial charge in [-0.3, -0.25) is 14.4 Å². The number of benzene rings is 1. The Morgan fingerprint density at radius 2 is 1.81 bits per heavy atom. The van der Waals surface area contributed by atoms with E-state index < -0.39 is 0 Å². The van der Waals surface area contributed by atoms with E-state index in [1.807, 2.05) is 0 Å². The van der Waals surface area contributed by atoms with Crippen LogP contribution in [0.15, 0.2) is 47.4 Å². The Balaban J connectivity index is 1.44. The van der Waals surface area contributed by atoms with Crippen LogP contribution in [0.1, 0.15) is 16.8 Å². The fraction of sp³-hybridized carbons (Fsp3) is 0.316. The van der Waals surface area contributed by atoms with Crippen LogP contribution in [0.4, 0.5) is 0 Å². The summed E-state index contributed by atoms with van der Waals surface area (Å²) in [4.78, 5) is 41.7. The zero-order valence-electron chi connectivity index (χ0n) is 14.7. The van der Waals surface area contributed by atoms with E-state index in [0.29, 0.717) is 42.5 Å². The van der Waals surface area contributed by atoms with Crippen LogP contribution in [0.5, 0.6) is 5.75 Å². The minimum atomic E-state index is -0.248. The van der Waals surface area contributed by atoms with Crippen molar-refractivity contribution in [3.63, 3.8) is 0 Å². The molecule has 1 saturated heterocycles. The maximum absolute atomic E-state index is 12.4. The van der Waals surface area contributed by atoms with E-state index in [1.165, 1.54) is 18.3 Å². The van der Waals surface area contributed by atoms with Crippen LogP contribution >= 0.6 is 11.6 Å². The fourth-order valence-electron chi connectivity index (χ4n) is 2.86. The maximum atomic E-state index is 12.4. The molecule has 27 heavy (non-hydrogen) atoms. The Morgan fingerprint density at radius 3 is 2.48 bits per heavy atom. The number of amides is 2. The Kier molecular flexibility index (Phi) is 6.13. The van der Waals surface area contributed by atoms with Gasteiger partial charge in [-0.05, 0) is 24.3 Å². The summed E-state index contributed by atoms with van der Waals surface area (Å²) in [5.41, 5.74) is 0.186. The summed E-state index contributed by atoms with van der Waals surface area (Å²) in [6, 6.07) is 9.87. The van der Waals surface area contributed by atoms with Gasteiger partial charge in [-0.25, -0.2) is 0 Å². The highest BCUT2D eigenvalue weighted by atomic mass is 35.5. The SMILES string of the molecule is O=C(CCOc1cccc(Cl)c1)N1CCN(C(=O)c2ccc(=O)[nH]c2)CC1. The van der Waals surface area contributed by atoms with E-state index >= 15 is 0 Å². The summed E-state index contributed by atoms with van der Waals surface area (Å²) in [5, 5.41) is 0.585. The van der Waals surface area contributed by atoms with Crippen molar-refractivity contribution in [3.8, 4) is 5.75 Å². The highest BCUT2D eigenvalue weighted by Gasteiger charge is 2.24. The summed E-state index contributed by atoms with van der Waals surface area (Å²) >= 11 is 5.89. The summed E-state index contributed by atoms with van der Waals surface area (Å²) in [6.07, 6.45) is 1.68. The topological polar surface area (TPSA) is 82.7 Å². The van der Waals surface area contributed by atoms with Crippen molar-refractivity contribution in [2.24, 2.45) is 0 Å². The van der Waals surface area contributed by atoms with Gasteiger partial charge in [-0.1, -0.05) is 17.7 Å². The molecule has 0 bridgehead atoms. The second-order valence-corrected chi connectivity index (χ2v) is 6.61. The minimum Gasteiger partial charge on any atom is -0.493 e. The van der Waals surface area contributed by atoms with Gasteiger partial charge in [-0.2, -0.15) is 0 Å². The van der Waals surface area contributed by atoms with Crippen LogP contribution in [0.2, 0.25) is 5.02 Å². The van der Waals surface area contributed by atoms with Crippen LogP contribution in [-0.2, 0) is 4.79 Å². The van der Waals surface area contributed by atoms with Crippen LogP contribution in [0.3, 0.4) is 0 Å². The number of pyridine rings is 1. The van der Waals surface area contributed by atoms with Crippen molar-refractivity contribution < 1.29 is 14.3 Å². The van der Waals surface area contributed by atoms with Gasteiger partial charge in [0.05, 0.1) is 18.6 Å². The van der Waals surface area contributed by atoms with Gasteiger partial charge in [0.2, 0.25) is 11.5 Å². The monoisotopic (exact) mass is 389 g/mol. The summed E-state index contributed by atoms with van der Waals surface area (Å²) in [7, 11) is 0. The quantitative estimate of drug-likeness (QED) is 0.845. The van der Waals surface area contributed by atoms with Crippen LogP contribution in [-0.4, -0.2) is 59.4 Å². The Bertz CT molecular complexity index is 855. The van der Waals surface area contributed by atoms with Crippen LogP contribution in [0, 0.1) is 0 Å².